The summed E-state index contributed by atoms with van der Waals surface area (Å²) in [6.07, 6.45) is 5.14. The molecule has 0 aliphatic carbocycles. The van der Waals surface area contributed by atoms with Crippen LogP contribution in [0.25, 0.3) is 16.6 Å². The minimum absolute atomic E-state index is 0.176. The zero-order valence-corrected chi connectivity index (χ0v) is 11.0. The van der Waals surface area contributed by atoms with Crippen LogP contribution in [0.15, 0.2) is 42.7 Å². The van der Waals surface area contributed by atoms with Crippen LogP contribution in [-0.2, 0) is 6.42 Å². The normalized spacial score (nSPS) is 11.1. The molecule has 0 atom stereocenters. The first-order chi connectivity index (χ1) is 9.78. The number of nitrogen functional groups attached to an aromatic ring is 1. The molecule has 0 aliphatic heterocycles. The van der Waals surface area contributed by atoms with Crippen molar-refractivity contribution in [3.8, 4) is 5.69 Å². The van der Waals surface area contributed by atoms with Crippen LogP contribution >= 0.6 is 0 Å². The van der Waals surface area contributed by atoms with E-state index in [1.165, 1.54) is 0 Å². The summed E-state index contributed by atoms with van der Waals surface area (Å²) in [6, 6.07) is 9.78. The third-order valence-corrected chi connectivity index (χ3v) is 3.27. The van der Waals surface area contributed by atoms with Gasteiger partial charge in [0.1, 0.15) is 5.82 Å². The first-order valence-corrected chi connectivity index (χ1v) is 6.58. The van der Waals surface area contributed by atoms with Crippen molar-refractivity contribution in [1.82, 2.24) is 14.8 Å². The highest BCUT2D eigenvalue weighted by Gasteiger charge is 2.06. The minimum Gasteiger partial charge on any atom is -0.396 e. The third kappa shape index (κ3) is 2.35. The van der Waals surface area contributed by atoms with Gasteiger partial charge < -0.3 is 10.8 Å². The first kappa shape index (κ1) is 12.6. The molecule has 0 saturated carbocycles. The number of aromatic nitrogens is 3. The van der Waals surface area contributed by atoms with Gasteiger partial charge in [-0.1, -0.05) is 6.07 Å². The Labute approximate surface area is 116 Å². The second kappa shape index (κ2) is 5.30. The molecular weight excluding hydrogens is 252 g/mol. The summed E-state index contributed by atoms with van der Waals surface area (Å²) in [5, 5.41) is 14.3. The number of aliphatic hydroxyl groups is 1. The fourth-order valence-corrected chi connectivity index (χ4v) is 2.35. The van der Waals surface area contributed by atoms with E-state index in [-0.39, 0.29) is 6.61 Å². The number of nitrogens with zero attached hydrogens (tertiary/aromatic N) is 3. The number of hydrogen-bond donors (Lipinski definition) is 2. The zero-order chi connectivity index (χ0) is 13.9. The quantitative estimate of drug-likeness (QED) is 0.758. The number of hydrogen-bond acceptors (Lipinski definition) is 4. The van der Waals surface area contributed by atoms with Crippen molar-refractivity contribution in [2.24, 2.45) is 0 Å². The Balaban J connectivity index is 2.10. The summed E-state index contributed by atoms with van der Waals surface area (Å²) >= 11 is 0. The van der Waals surface area contributed by atoms with Gasteiger partial charge in [-0.3, -0.25) is 0 Å². The van der Waals surface area contributed by atoms with E-state index in [1.54, 1.807) is 10.9 Å². The lowest BCUT2D eigenvalue weighted by atomic mass is 10.0. The lowest BCUT2D eigenvalue weighted by Crippen LogP contribution is -1.99. The van der Waals surface area contributed by atoms with Crippen LogP contribution in [0.5, 0.6) is 0 Å². The Morgan fingerprint density at radius 1 is 1.25 bits per heavy atom. The fourth-order valence-electron chi connectivity index (χ4n) is 2.35. The van der Waals surface area contributed by atoms with Gasteiger partial charge in [-0.15, -0.1) is 0 Å². The number of rotatable bonds is 4. The van der Waals surface area contributed by atoms with E-state index in [2.05, 4.69) is 10.1 Å². The largest absolute Gasteiger partial charge is 0.396 e. The molecule has 3 aromatic rings. The molecule has 1 aromatic carbocycles. The van der Waals surface area contributed by atoms with Gasteiger partial charge in [0.25, 0.3) is 0 Å². The molecule has 0 radical (unpaired) electrons. The molecule has 20 heavy (non-hydrogen) atoms. The SMILES string of the molecule is Nc1cc(CCCO)c2ccc(-n3cccn3)cc2n1. The second-order valence-corrected chi connectivity index (χ2v) is 4.69. The summed E-state index contributed by atoms with van der Waals surface area (Å²) in [7, 11) is 0. The number of nitrogens with two attached hydrogens (primary N) is 1. The average Bonchev–Trinajstić information content (AvgIpc) is 2.98. The third-order valence-electron chi connectivity index (χ3n) is 3.27. The molecule has 0 amide bonds. The van der Waals surface area contributed by atoms with Crippen molar-refractivity contribution >= 4 is 16.7 Å². The molecule has 3 N–H and O–H groups in total. The maximum Gasteiger partial charge on any atom is 0.124 e. The maximum atomic E-state index is 8.98. The molecule has 3 rings (SSSR count). The molecule has 0 fully saturated rings. The Kier molecular flexibility index (Phi) is 3.35. The number of aryl methyl sites for hydroxylation is 1. The van der Waals surface area contributed by atoms with Gasteiger partial charge in [0.2, 0.25) is 0 Å². The molecule has 2 heterocycles. The van der Waals surface area contributed by atoms with Gasteiger partial charge in [-0.2, -0.15) is 5.10 Å². The Morgan fingerprint density at radius 3 is 2.90 bits per heavy atom. The lowest BCUT2D eigenvalue weighted by molar-refractivity contribution is 0.289. The highest BCUT2D eigenvalue weighted by atomic mass is 16.2. The van der Waals surface area contributed by atoms with Crippen LogP contribution in [0.1, 0.15) is 12.0 Å². The van der Waals surface area contributed by atoms with Crippen molar-refractivity contribution in [3.63, 3.8) is 0 Å². The summed E-state index contributed by atoms with van der Waals surface area (Å²) in [5.41, 5.74) is 8.79. The van der Waals surface area contributed by atoms with Gasteiger partial charge in [0.05, 0.1) is 11.2 Å². The van der Waals surface area contributed by atoms with Gasteiger partial charge in [0.15, 0.2) is 0 Å². The van der Waals surface area contributed by atoms with Crippen LogP contribution in [0.2, 0.25) is 0 Å². The predicted octanol–water partition coefficient (Wildman–Crippen LogP) is 1.93. The van der Waals surface area contributed by atoms with Crippen molar-refractivity contribution in [3.05, 3.63) is 48.3 Å². The number of fused-ring (bicyclic) bond motifs is 1. The molecule has 0 aliphatic rings. The number of aliphatic hydroxyl groups excluding tert-OH is 1. The zero-order valence-electron chi connectivity index (χ0n) is 11.0. The summed E-state index contributed by atoms with van der Waals surface area (Å²) in [5.74, 6) is 0.503. The molecule has 2 aromatic heterocycles. The Bertz CT molecular complexity index is 722. The Morgan fingerprint density at radius 2 is 2.15 bits per heavy atom. The average molecular weight is 268 g/mol. The molecular formula is C15H16N4O. The van der Waals surface area contributed by atoms with Crippen LogP contribution in [-0.4, -0.2) is 26.5 Å². The van der Waals surface area contributed by atoms with Crippen molar-refractivity contribution in [2.45, 2.75) is 12.8 Å². The Hall–Kier alpha value is -2.40. The van der Waals surface area contributed by atoms with Gasteiger partial charge in [0, 0.05) is 24.4 Å². The minimum atomic E-state index is 0.176. The molecule has 0 unspecified atom stereocenters. The van der Waals surface area contributed by atoms with Gasteiger partial charge >= 0.3 is 0 Å². The molecule has 5 nitrogen and oxygen atoms in total. The summed E-state index contributed by atoms with van der Waals surface area (Å²) < 4.78 is 1.79. The maximum absolute atomic E-state index is 8.98. The van der Waals surface area contributed by atoms with E-state index in [0.717, 1.165) is 35.0 Å². The van der Waals surface area contributed by atoms with Crippen LogP contribution in [0, 0.1) is 0 Å². The summed E-state index contributed by atoms with van der Waals surface area (Å²) in [6.45, 7) is 0.176. The molecule has 5 heteroatoms. The van der Waals surface area contributed by atoms with E-state index >= 15 is 0 Å². The smallest absolute Gasteiger partial charge is 0.124 e. The number of pyridine rings is 1. The van der Waals surface area contributed by atoms with Crippen LogP contribution in [0.3, 0.4) is 0 Å². The van der Waals surface area contributed by atoms with E-state index in [1.807, 2.05) is 36.5 Å². The first-order valence-electron chi connectivity index (χ1n) is 6.58. The van der Waals surface area contributed by atoms with E-state index < -0.39 is 0 Å². The predicted molar refractivity (Wildman–Crippen MR) is 78.7 cm³/mol. The number of benzene rings is 1. The van der Waals surface area contributed by atoms with Crippen molar-refractivity contribution < 1.29 is 5.11 Å². The summed E-state index contributed by atoms with van der Waals surface area (Å²) in [4.78, 5) is 4.39. The second-order valence-electron chi connectivity index (χ2n) is 4.69. The molecule has 0 bridgehead atoms. The van der Waals surface area contributed by atoms with Gasteiger partial charge in [-0.25, -0.2) is 9.67 Å². The van der Waals surface area contributed by atoms with Gasteiger partial charge in [-0.05, 0) is 42.7 Å². The number of anilines is 1. The van der Waals surface area contributed by atoms with Crippen LogP contribution < -0.4 is 5.73 Å². The van der Waals surface area contributed by atoms with Crippen LogP contribution in [0.4, 0.5) is 5.82 Å². The standard InChI is InChI=1S/C15H16N4O/c16-15-9-11(3-1-8-20)13-5-4-12(10-14(13)18-15)19-7-2-6-17-19/h2,4-7,9-10,20H,1,3,8H2,(H2,16,18). The molecule has 0 saturated heterocycles. The fraction of sp³-hybridized carbons (Fsp3) is 0.200. The topological polar surface area (TPSA) is 77.0 Å². The van der Waals surface area contributed by atoms with E-state index in [9.17, 15) is 0 Å². The van der Waals surface area contributed by atoms with Crippen molar-refractivity contribution in [1.29, 1.82) is 0 Å². The molecule has 102 valence electrons. The van der Waals surface area contributed by atoms with E-state index in [0.29, 0.717) is 5.82 Å². The lowest BCUT2D eigenvalue weighted by Gasteiger charge is -2.09. The van der Waals surface area contributed by atoms with E-state index in [4.69, 9.17) is 10.8 Å². The monoisotopic (exact) mass is 268 g/mol. The highest BCUT2D eigenvalue weighted by molar-refractivity contribution is 5.85. The van der Waals surface area contributed by atoms with Crippen molar-refractivity contribution in [2.75, 3.05) is 12.3 Å². The molecule has 0 spiro atoms. The highest BCUT2D eigenvalue weighted by Crippen LogP contribution is 2.23.